The van der Waals surface area contributed by atoms with Gasteiger partial charge in [0.15, 0.2) is 0 Å². The summed E-state index contributed by atoms with van der Waals surface area (Å²) in [7, 11) is 1.71. The van der Waals surface area contributed by atoms with Gasteiger partial charge >= 0.3 is 0 Å². The van der Waals surface area contributed by atoms with Crippen LogP contribution in [0.1, 0.15) is 16.8 Å². The Kier molecular flexibility index (Phi) is 4.92. The van der Waals surface area contributed by atoms with Crippen molar-refractivity contribution in [2.24, 2.45) is 0 Å². The van der Waals surface area contributed by atoms with Crippen LogP contribution >= 0.6 is 11.3 Å². The summed E-state index contributed by atoms with van der Waals surface area (Å²) in [5.41, 5.74) is 3.65. The molecule has 4 nitrogen and oxygen atoms in total. The number of nitrogens with zero attached hydrogens (tertiary/aromatic N) is 2. The SMILES string of the molecule is COCCNCc1cn(Cc2ccsc2)nc1C. The summed E-state index contributed by atoms with van der Waals surface area (Å²) in [6.07, 6.45) is 2.12. The van der Waals surface area contributed by atoms with Gasteiger partial charge in [-0.2, -0.15) is 16.4 Å². The van der Waals surface area contributed by atoms with E-state index in [1.807, 2.05) is 4.68 Å². The fourth-order valence-electron chi connectivity index (χ4n) is 1.78. The van der Waals surface area contributed by atoms with Crippen LogP contribution in [0.4, 0.5) is 0 Å². The number of nitrogens with one attached hydrogen (secondary N) is 1. The van der Waals surface area contributed by atoms with Gasteiger partial charge in [-0.3, -0.25) is 4.68 Å². The van der Waals surface area contributed by atoms with Gasteiger partial charge in [0.25, 0.3) is 0 Å². The molecule has 0 radical (unpaired) electrons. The molecule has 2 aromatic rings. The van der Waals surface area contributed by atoms with Crippen molar-refractivity contribution >= 4 is 11.3 Å². The molecule has 0 spiro atoms. The molecule has 0 saturated carbocycles. The molecule has 0 atom stereocenters. The van der Waals surface area contributed by atoms with Crippen LogP contribution < -0.4 is 5.32 Å². The van der Waals surface area contributed by atoms with Gasteiger partial charge in [0.2, 0.25) is 0 Å². The predicted molar refractivity (Wildman–Crippen MR) is 74.0 cm³/mol. The van der Waals surface area contributed by atoms with Gasteiger partial charge in [-0.15, -0.1) is 0 Å². The highest BCUT2D eigenvalue weighted by Gasteiger charge is 2.05. The van der Waals surface area contributed by atoms with Crippen LogP contribution in [0.2, 0.25) is 0 Å². The second-order valence-electron chi connectivity index (χ2n) is 4.24. The normalized spacial score (nSPS) is 11.0. The molecule has 1 N–H and O–H groups in total. The Bertz CT molecular complexity index is 465. The number of methoxy groups -OCH3 is 1. The Morgan fingerprint density at radius 2 is 2.39 bits per heavy atom. The van der Waals surface area contributed by atoms with Crippen molar-refractivity contribution in [2.45, 2.75) is 20.0 Å². The lowest BCUT2D eigenvalue weighted by molar-refractivity contribution is 0.199. The Balaban J connectivity index is 1.90. The van der Waals surface area contributed by atoms with Crippen LogP contribution in [0.15, 0.2) is 23.0 Å². The molecule has 18 heavy (non-hydrogen) atoms. The molecule has 0 aliphatic carbocycles. The highest BCUT2D eigenvalue weighted by molar-refractivity contribution is 7.07. The molecule has 0 amide bonds. The largest absolute Gasteiger partial charge is 0.383 e. The summed E-state index contributed by atoms with van der Waals surface area (Å²) in [4.78, 5) is 0. The Morgan fingerprint density at radius 3 is 3.11 bits per heavy atom. The molecule has 0 aromatic carbocycles. The van der Waals surface area contributed by atoms with Crippen LogP contribution in [0.25, 0.3) is 0 Å². The van der Waals surface area contributed by atoms with E-state index in [4.69, 9.17) is 4.74 Å². The molecule has 0 fully saturated rings. The molecule has 2 rings (SSSR count). The van der Waals surface area contributed by atoms with Gasteiger partial charge in [0.1, 0.15) is 0 Å². The second kappa shape index (κ2) is 6.68. The minimum atomic E-state index is 0.738. The monoisotopic (exact) mass is 265 g/mol. The zero-order valence-electron chi connectivity index (χ0n) is 10.8. The summed E-state index contributed by atoms with van der Waals surface area (Å²) in [5.74, 6) is 0. The first-order valence-electron chi connectivity index (χ1n) is 6.03. The lowest BCUT2D eigenvalue weighted by Gasteiger charge is -2.02. The fourth-order valence-corrected chi connectivity index (χ4v) is 2.44. The van der Waals surface area contributed by atoms with Gasteiger partial charge in [-0.1, -0.05) is 0 Å². The van der Waals surface area contributed by atoms with Crippen LogP contribution in [0.5, 0.6) is 0 Å². The summed E-state index contributed by atoms with van der Waals surface area (Å²) >= 11 is 1.72. The third-order valence-electron chi connectivity index (χ3n) is 2.77. The van der Waals surface area contributed by atoms with Gasteiger partial charge < -0.3 is 10.1 Å². The van der Waals surface area contributed by atoms with Crippen LogP contribution in [-0.2, 0) is 17.8 Å². The summed E-state index contributed by atoms with van der Waals surface area (Å²) in [6.45, 7) is 5.35. The summed E-state index contributed by atoms with van der Waals surface area (Å²) < 4.78 is 7.01. The maximum Gasteiger partial charge on any atom is 0.0667 e. The van der Waals surface area contributed by atoms with Gasteiger partial charge in [0.05, 0.1) is 18.8 Å². The number of ether oxygens (including phenoxy) is 1. The van der Waals surface area contributed by atoms with Gasteiger partial charge in [0, 0.05) is 32.0 Å². The Morgan fingerprint density at radius 1 is 1.50 bits per heavy atom. The lowest BCUT2D eigenvalue weighted by Crippen LogP contribution is -2.18. The molecule has 2 heterocycles. The molecule has 0 aliphatic heterocycles. The van der Waals surface area contributed by atoms with E-state index >= 15 is 0 Å². The quantitative estimate of drug-likeness (QED) is 0.779. The third kappa shape index (κ3) is 3.66. The third-order valence-corrected chi connectivity index (χ3v) is 3.50. The number of hydrogen-bond donors (Lipinski definition) is 1. The zero-order valence-corrected chi connectivity index (χ0v) is 11.7. The lowest BCUT2D eigenvalue weighted by atomic mass is 10.2. The first kappa shape index (κ1) is 13.3. The minimum absolute atomic E-state index is 0.738. The predicted octanol–water partition coefficient (Wildman–Crippen LogP) is 2.04. The topological polar surface area (TPSA) is 39.1 Å². The van der Waals surface area contributed by atoms with Crippen molar-refractivity contribution in [2.75, 3.05) is 20.3 Å². The van der Waals surface area contributed by atoms with E-state index in [-0.39, 0.29) is 0 Å². The van der Waals surface area contributed by atoms with E-state index < -0.39 is 0 Å². The number of aryl methyl sites for hydroxylation is 1. The molecule has 0 unspecified atom stereocenters. The van der Waals surface area contributed by atoms with E-state index in [0.29, 0.717) is 0 Å². The zero-order chi connectivity index (χ0) is 12.8. The second-order valence-corrected chi connectivity index (χ2v) is 5.02. The van der Waals surface area contributed by atoms with Crippen molar-refractivity contribution in [3.8, 4) is 0 Å². The average molecular weight is 265 g/mol. The van der Waals surface area contributed by atoms with E-state index in [1.54, 1.807) is 18.4 Å². The highest BCUT2D eigenvalue weighted by atomic mass is 32.1. The molecule has 5 heteroatoms. The van der Waals surface area contributed by atoms with Crippen LogP contribution in [0, 0.1) is 6.92 Å². The first-order valence-corrected chi connectivity index (χ1v) is 6.97. The molecular formula is C13H19N3OS. The standard InChI is InChI=1S/C13H19N3OS/c1-11-13(7-14-4-5-17-2)9-16(15-11)8-12-3-6-18-10-12/h3,6,9-10,14H,4-5,7-8H2,1-2H3. The average Bonchev–Trinajstić information content (AvgIpc) is 2.96. The number of hydrogen-bond acceptors (Lipinski definition) is 4. The van der Waals surface area contributed by atoms with Crippen molar-refractivity contribution in [1.82, 2.24) is 15.1 Å². The molecule has 0 saturated heterocycles. The van der Waals surface area contributed by atoms with E-state index in [9.17, 15) is 0 Å². The number of rotatable bonds is 7. The maximum atomic E-state index is 5.00. The summed E-state index contributed by atoms with van der Waals surface area (Å²) in [5, 5.41) is 12.1. The molecule has 2 aromatic heterocycles. The van der Waals surface area contributed by atoms with Gasteiger partial charge in [-0.05, 0) is 29.3 Å². The fraction of sp³-hybridized carbons (Fsp3) is 0.462. The number of thiophene rings is 1. The van der Waals surface area contributed by atoms with Crippen molar-refractivity contribution < 1.29 is 4.74 Å². The molecular weight excluding hydrogens is 246 g/mol. The molecule has 0 bridgehead atoms. The maximum absolute atomic E-state index is 5.00. The Labute approximate surface area is 112 Å². The van der Waals surface area contributed by atoms with Crippen LogP contribution in [0.3, 0.4) is 0 Å². The molecule has 98 valence electrons. The van der Waals surface area contributed by atoms with Crippen LogP contribution in [-0.4, -0.2) is 30.0 Å². The van der Waals surface area contributed by atoms with E-state index in [2.05, 4.69) is 40.4 Å². The van der Waals surface area contributed by atoms with E-state index in [1.165, 1.54) is 11.1 Å². The van der Waals surface area contributed by atoms with Crippen molar-refractivity contribution in [1.29, 1.82) is 0 Å². The van der Waals surface area contributed by atoms with Crippen molar-refractivity contribution in [3.63, 3.8) is 0 Å². The Hall–Kier alpha value is -1.17. The highest BCUT2D eigenvalue weighted by Crippen LogP contribution is 2.10. The molecule has 0 aliphatic rings. The minimum Gasteiger partial charge on any atom is -0.383 e. The van der Waals surface area contributed by atoms with Crippen molar-refractivity contribution in [3.05, 3.63) is 39.8 Å². The van der Waals surface area contributed by atoms with Gasteiger partial charge in [-0.25, -0.2) is 0 Å². The smallest absolute Gasteiger partial charge is 0.0667 e. The first-order chi connectivity index (χ1) is 8.79. The van der Waals surface area contributed by atoms with E-state index in [0.717, 1.165) is 31.9 Å². The summed E-state index contributed by atoms with van der Waals surface area (Å²) in [6, 6.07) is 2.14. The number of aromatic nitrogens is 2.